The van der Waals surface area contributed by atoms with Gasteiger partial charge in [0.1, 0.15) is 4.90 Å². The fourth-order valence-corrected chi connectivity index (χ4v) is 3.68. The molecule has 1 aromatic carbocycles. The first-order valence-electron chi connectivity index (χ1n) is 6.09. The molecule has 0 aliphatic rings. The lowest BCUT2D eigenvalue weighted by Gasteiger charge is -2.08. The normalized spacial score (nSPS) is 11.9. The number of rotatable bonds is 3. The van der Waals surface area contributed by atoms with Gasteiger partial charge in [-0.3, -0.25) is 9.82 Å². The van der Waals surface area contributed by atoms with Crippen molar-refractivity contribution >= 4 is 26.6 Å². The molecule has 0 bridgehead atoms. The summed E-state index contributed by atoms with van der Waals surface area (Å²) in [6.07, 6.45) is 1.81. The maximum absolute atomic E-state index is 12.4. The van der Waals surface area contributed by atoms with Gasteiger partial charge in [-0.1, -0.05) is 6.07 Å². The zero-order valence-electron chi connectivity index (χ0n) is 11.1. The number of aromatic amines is 2. The summed E-state index contributed by atoms with van der Waals surface area (Å²) in [6.45, 7) is 3.34. The number of hydrogen-bond acceptors (Lipinski definition) is 3. The van der Waals surface area contributed by atoms with Gasteiger partial charge in [-0.05, 0) is 37.4 Å². The van der Waals surface area contributed by atoms with E-state index >= 15 is 0 Å². The Hall–Kier alpha value is -2.28. The second-order valence-corrected chi connectivity index (χ2v) is 6.27. The number of nitrogens with zero attached hydrogens (tertiary/aromatic N) is 1. The molecule has 0 atom stereocenters. The highest BCUT2D eigenvalue weighted by Gasteiger charge is 2.22. The molecule has 0 spiro atoms. The van der Waals surface area contributed by atoms with Crippen molar-refractivity contribution in [2.24, 2.45) is 0 Å². The highest BCUT2D eigenvalue weighted by Crippen LogP contribution is 2.23. The van der Waals surface area contributed by atoms with Crippen molar-refractivity contribution in [1.29, 1.82) is 0 Å². The first kappa shape index (κ1) is 12.7. The Balaban J connectivity index is 2.01. The fraction of sp³-hybridized carbons (Fsp3) is 0.154. The zero-order valence-corrected chi connectivity index (χ0v) is 11.9. The van der Waals surface area contributed by atoms with Crippen molar-refractivity contribution in [3.63, 3.8) is 0 Å². The Labute approximate surface area is 116 Å². The minimum absolute atomic E-state index is 0.198. The smallest absolute Gasteiger partial charge is 0.265 e. The first-order chi connectivity index (χ1) is 9.47. The van der Waals surface area contributed by atoms with Crippen LogP contribution in [0.5, 0.6) is 0 Å². The molecular weight excluding hydrogens is 276 g/mol. The van der Waals surface area contributed by atoms with Crippen LogP contribution < -0.4 is 4.72 Å². The van der Waals surface area contributed by atoms with E-state index in [0.717, 1.165) is 10.9 Å². The molecule has 20 heavy (non-hydrogen) atoms. The van der Waals surface area contributed by atoms with Gasteiger partial charge < -0.3 is 4.98 Å². The Kier molecular flexibility index (Phi) is 2.79. The van der Waals surface area contributed by atoms with E-state index < -0.39 is 10.0 Å². The van der Waals surface area contributed by atoms with Crippen LogP contribution in [0.4, 0.5) is 5.69 Å². The van der Waals surface area contributed by atoms with E-state index in [1.54, 1.807) is 26.0 Å². The predicted molar refractivity (Wildman–Crippen MR) is 77.2 cm³/mol. The second kappa shape index (κ2) is 4.38. The summed E-state index contributed by atoms with van der Waals surface area (Å²) >= 11 is 0. The Morgan fingerprint density at radius 3 is 2.70 bits per heavy atom. The standard InChI is InChI=1S/C13H14N4O2S/c1-8-13(9(2)16-15-8)20(18,19)17-11-4-3-10-5-6-14-12(10)7-11/h3-7,14,17H,1-2H3,(H,15,16). The minimum Gasteiger partial charge on any atom is -0.361 e. The van der Waals surface area contributed by atoms with Crippen molar-refractivity contribution in [2.45, 2.75) is 18.7 Å². The van der Waals surface area contributed by atoms with Crippen molar-refractivity contribution in [3.8, 4) is 0 Å². The monoisotopic (exact) mass is 290 g/mol. The van der Waals surface area contributed by atoms with Crippen molar-refractivity contribution in [2.75, 3.05) is 4.72 Å². The third kappa shape index (κ3) is 2.05. The molecule has 0 saturated heterocycles. The summed E-state index contributed by atoms with van der Waals surface area (Å²) in [7, 11) is -3.64. The molecule has 3 rings (SSSR count). The van der Waals surface area contributed by atoms with Crippen LogP contribution in [-0.4, -0.2) is 23.6 Å². The number of hydrogen-bond donors (Lipinski definition) is 3. The van der Waals surface area contributed by atoms with Crippen molar-refractivity contribution in [3.05, 3.63) is 41.9 Å². The van der Waals surface area contributed by atoms with Crippen LogP contribution >= 0.6 is 0 Å². The zero-order chi connectivity index (χ0) is 14.3. The average Bonchev–Trinajstić information content (AvgIpc) is 2.95. The van der Waals surface area contributed by atoms with Crippen LogP contribution in [-0.2, 0) is 10.0 Å². The molecule has 0 saturated carbocycles. The van der Waals surface area contributed by atoms with Crippen LogP contribution in [0.2, 0.25) is 0 Å². The van der Waals surface area contributed by atoms with E-state index in [2.05, 4.69) is 19.9 Å². The first-order valence-corrected chi connectivity index (χ1v) is 7.57. The van der Waals surface area contributed by atoms with Crippen LogP contribution in [0.3, 0.4) is 0 Å². The van der Waals surface area contributed by atoms with Crippen LogP contribution in [0.25, 0.3) is 10.9 Å². The molecule has 3 N–H and O–H groups in total. The minimum atomic E-state index is -3.64. The number of aromatic nitrogens is 3. The number of sulfonamides is 1. The molecule has 3 aromatic rings. The van der Waals surface area contributed by atoms with E-state index in [-0.39, 0.29) is 4.90 Å². The number of aryl methyl sites for hydroxylation is 2. The lowest BCUT2D eigenvalue weighted by Crippen LogP contribution is -2.14. The maximum Gasteiger partial charge on any atom is 0.265 e. The third-order valence-electron chi connectivity index (χ3n) is 3.14. The molecule has 2 aromatic heterocycles. The lowest BCUT2D eigenvalue weighted by molar-refractivity contribution is 0.600. The average molecular weight is 290 g/mol. The molecule has 0 amide bonds. The van der Waals surface area contributed by atoms with Crippen LogP contribution in [0.1, 0.15) is 11.4 Å². The summed E-state index contributed by atoms with van der Waals surface area (Å²) < 4.78 is 27.4. The van der Waals surface area contributed by atoms with Gasteiger partial charge in [0.2, 0.25) is 0 Å². The van der Waals surface area contributed by atoms with Gasteiger partial charge in [0, 0.05) is 11.7 Å². The Morgan fingerprint density at radius 1 is 1.20 bits per heavy atom. The van der Waals surface area contributed by atoms with Crippen LogP contribution in [0, 0.1) is 13.8 Å². The second-order valence-electron chi connectivity index (χ2n) is 4.65. The number of nitrogens with one attached hydrogen (secondary N) is 3. The Morgan fingerprint density at radius 2 is 2.00 bits per heavy atom. The van der Waals surface area contributed by atoms with Crippen molar-refractivity contribution in [1.82, 2.24) is 15.2 Å². The Bertz CT molecular complexity index is 857. The summed E-state index contributed by atoms with van der Waals surface area (Å²) in [5.74, 6) is 0. The summed E-state index contributed by atoms with van der Waals surface area (Å²) in [6, 6.07) is 7.28. The molecule has 7 heteroatoms. The van der Waals surface area contributed by atoms with Gasteiger partial charge in [0.25, 0.3) is 10.0 Å². The summed E-state index contributed by atoms with van der Waals surface area (Å²) in [5, 5.41) is 7.63. The highest BCUT2D eigenvalue weighted by atomic mass is 32.2. The number of anilines is 1. The molecule has 0 aliphatic carbocycles. The SMILES string of the molecule is Cc1n[nH]c(C)c1S(=O)(=O)Nc1ccc2cc[nH]c2c1. The summed E-state index contributed by atoms with van der Waals surface area (Å²) in [5.41, 5.74) is 2.37. The lowest BCUT2D eigenvalue weighted by atomic mass is 10.2. The quantitative estimate of drug-likeness (QED) is 0.691. The summed E-state index contributed by atoms with van der Waals surface area (Å²) in [4.78, 5) is 3.25. The molecular formula is C13H14N4O2S. The van der Waals surface area contributed by atoms with Gasteiger partial charge >= 0.3 is 0 Å². The van der Waals surface area contributed by atoms with Gasteiger partial charge in [-0.2, -0.15) is 5.10 Å². The van der Waals surface area contributed by atoms with E-state index in [9.17, 15) is 8.42 Å². The predicted octanol–water partition coefficient (Wildman–Crippen LogP) is 2.31. The number of H-pyrrole nitrogens is 2. The van der Waals surface area contributed by atoms with E-state index in [4.69, 9.17) is 0 Å². The fourth-order valence-electron chi connectivity index (χ4n) is 2.25. The molecule has 2 heterocycles. The van der Waals surface area contributed by atoms with Gasteiger partial charge in [-0.25, -0.2) is 8.42 Å². The topological polar surface area (TPSA) is 90.6 Å². The van der Waals surface area contributed by atoms with E-state index in [1.807, 2.05) is 18.3 Å². The molecule has 104 valence electrons. The van der Waals surface area contributed by atoms with Gasteiger partial charge in [-0.15, -0.1) is 0 Å². The molecule has 0 unspecified atom stereocenters. The molecule has 0 fully saturated rings. The molecule has 6 nitrogen and oxygen atoms in total. The van der Waals surface area contributed by atoms with Crippen molar-refractivity contribution < 1.29 is 8.42 Å². The number of fused-ring (bicyclic) bond motifs is 1. The number of benzene rings is 1. The maximum atomic E-state index is 12.4. The van der Waals surface area contributed by atoms with Gasteiger partial charge in [0.15, 0.2) is 0 Å². The third-order valence-corrected chi connectivity index (χ3v) is 4.78. The molecule has 0 radical (unpaired) electrons. The largest absolute Gasteiger partial charge is 0.361 e. The highest BCUT2D eigenvalue weighted by molar-refractivity contribution is 7.92. The van der Waals surface area contributed by atoms with Gasteiger partial charge in [0.05, 0.1) is 17.1 Å². The molecule has 0 aliphatic heterocycles. The van der Waals surface area contributed by atoms with E-state index in [1.165, 1.54) is 0 Å². The van der Waals surface area contributed by atoms with Crippen LogP contribution in [0.15, 0.2) is 35.4 Å². The van der Waals surface area contributed by atoms with E-state index in [0.29, 0.717) is 17.1 Å².